The normalized spacial score (nSPS) is 24.3. The number of nitrogens with two attached hydrogens (primary N) is 2. The van der Waals surface area contributed by atoms with Gasteiger partial charge in [0, 0.05) is 12.1 Å². The zero-order valence-corrected chi connectivity index (χ0v) is 9.65. The van der Waals surface area contributed by atoms with Crippen LogP contribution in [0.3, 0.4) is 0 Å². The van der Waals surface area contributed by atoms with E-state index in [1.54, 1.807) is 6.20 Å². The van der Waals surface area contributed by atoms with E-state index in [9.17, 15) is 4.79 Å². The molecule has 2 rings (SSSR count). The maximum Gasteiger partial charge on any atom is 0.386 e. The average molecular weight is 236 g/mol. The molecule has 6 heteroatoms. The molecular formula is C11H18N5O+. The summed E-state index contributed by atoms with van der Waals surface area (Å²) in [5.74, 6) is 0.0717. The van der Waals surface area contributed by atoms with Gasteiger partial charge in [0.05, 0.1) is 0 Å². The Morgan fingerprint density at radius 2 is 2.35 bits per heavy atom. The second-order valence-corrected chi connectivity index (χ2v) is 4.49. The molecule has 0 unspecified atom stereocenters. The van der Waals surface area contributed by atoms with Crippen molar-refractivity contribution in [3.63, 3.8) is 0 Å². The van der Waals surface area contributed by atoms with Crippen molar-refractivity contribution in [2.24, 2.45) is 5.73 Å². The second-order valence-electron chi connectivity index (χ2n) is 4.49. The van der Waals surface area contributed by atoms with Crippen LogP contribution >= 0.6 is 0 Å². The molecule has 0 bridgehead atoms. The number of aromatic nitrogens is 2. The van der Waals surface area contributed by atoms with Crippen LogP contribution in [-0.2, 0) is 0 Å². The number of rotatable bonds is 2. The third-order valence-electron chi connectivity index (χ3n) is 2.98. The number of nitrogens with one attached hydrogen (secondary N) is 2. The van der Waals surface area contributed by atoms with Gasteiger partial charge in [0.1, 0.15) is 11.9 Å². The Morgan fingerprint density at radius 3 is 3.00 bits per heavy atom. The maximum absolute atomic E-state index is 11.8. The van der Waals surface area contributed by atoms with Crippen LogP contribution in [0.4, 0.5) is 5.69 Å². The van der Waals surface area contributed by atoms with Crippen molar-refractivity contribution in [3.8, 4) is 0 Å². The summed E-state index contributed by atoms with van der Waals surface area (Å²) in [5.41, 5.74) is 11.9. The summed E-state index contributed by atoms with van der Waals surface area (Å²) in [7, 11) is 0. The van der Waals surface area contributed by atoms with E-state index in [2.05, 4.69) is 15.3 Å². The molecule has 1 fully saturated rings. The minimum absolute atomic E-state index is 0.152. The smallest absolute Gasteiger partial charge is 0.386 e. The van der Waals surface area contributed by atoms with Crippen LogP contribution in [0.15, 0.2) is 12.4 Å². The minimum Gasteiger partial charge on any atom is -0.393 e. The van der Waals surface area contributed by atoms with Crippen LogP contribution in [0.5, 0.6) is 0 Å². The largest absolute Gasteiger partial charge is 0.393 e. The highest BCUT2D eigenvalue weighted by Crippen LogP contribution is 2.16. The fourth-order valence-corrected chi connectivity index (χ4v) is 2.10. The van der Waals surface area contributed by atoms with Crippen LogP contribution in [0.1, 0.15) is 36.3 Å². The molecule has 1 amide bonds. The standard InChI is InChI=1S/C11H17N5O/c12-7-2-1-3-9(4-7)16-11(17)10-14-5-8(13)6-15-10/h5-7,9H,1-4,12-13H2,(H,16,17)/p+1/t7-,9+/m1/s1. The van der Waals surface area contributed by atoms with E-state index in [1.807, 2.05) is 0 Å². The van der Waals surface area contributed by atoms with Crippen LogP contribution < -0.4 is 21.8 Å². The maximum atomic E-state index is 11.8. The molecule has 6 nitrogen and oxygen atoms in total. The van der Waals surface area contributed by atoms with Gasteiger partial charge in [-0.05, 0) is 30.7 Å². The van der Waals surface area contributed by atoms with Crippen molar-refractivity contribution in [2.75, 3.05) is 5.73 Å². The number of carbonyl (C=O) groups is 1. The molecule has 0 radical (unpaired) electrons. The molecule has 1 aliphatic carbocycles. The van der Waals surface area contributed by atoms with E-state index in [-0.39, 0.29) is 23.8 Å². The van der Waals surface area contributed by atoms with Crippen molar-refractivity contribution in [2.45, 2.75) is 37.8 Å². The molecule has 1 heterocycles. The van der Waals surface area contributed by atoms with E-state index in [0.717, 1.165) is 25.7 Å². The van der Waals surface area contributed by atoms with E-state index in [1.165, 1.54) is 6.20 Å². The Bertz CT molecular complexity index is 391. The number of carbonyl (C=O) groups excluding carboxylic acids is 1. The SMILES string of the molecule is Nc1cnc(C(=O)N[C@H]2CCC[C@@H](N)C2)[nH+]c1. The van der Waals surface area contributed by atoms with E-state index < -0.39 is 0 Å². The molecule has 1 aromatic heterocycles. The third-order valence-corrected chi connectivity index (χ3v) is 2.98. The topological polar surface area (TPSA) is 108 Å². The molecule has 1 aromatic rings. The molecule has 17 heavy (non-hydrogen) atoms. The summed E-state index contributed by atoms with van der Waals surface area (Å²) in [4.78, 5) is 18.5. The Balaban J connectivity index is 1.94. The predicted molar refractivity (Wildman–Crippen MR) is 62.9 cm³/mol. The van der Waals surface area contributed by atoms with Crippen LogP contribution in [0.25, 0.3) is 0 Å². The highest BCUT2D eigenvalue weighted by molar-refractivity contribution is 5.89. The number of H-pyrrole nitrogens is 1. The van der Waals surface area contributed by atoms with Gasteiger partial charge in [-0.15, -0.1) is 0 Å². The van der Waals surface area contributed by atoms with Gasteiger partial charge in [-0.25, -0.2) is 4.98 Å². The molecule has 0 aromatic carbocycles. The third kappa shape index (κ3) is 3.13. The molecule has 0 aliphatic heterocycles. The predicted octanol–water partition coefficient (Wildman–Crippen LogP) is -0.522. The molecule has 1 saturated carbocycles. The Labute approximate surface area is 99.8 Å². The molecule has 2 atom stereocenters. The molecular weight excluding hydrogens is 218 g/mol. The Morgan fingerprint density at radius 1 is 1.53 bits per heavy atom. The number of nitrogen functional groups attached to an aromatic ring is 1. The summed E-state index contributed by atoms with van der Waals surface area (Å²) in [6.45, 7) is 0. The highest BCUT2D eigenvalue weighted by Gasteiger charge is 2.24. The van der Waals surface area contributed by atoms with Gasteiger partial charge < -0.3 is 16.8 Å². The summed E-state index contributed by atoms with van der Waals surface area (Å²) in [6, 6.07) is 0.344. The first kappa shape index (κ1) is 11.8. The summed E-state index contributed by atoms with van der Waals surface area (Å²) < 4.78 is 0. The number of hydrogen-bond donors (Lipinski definition) is 3. The fourth-order valence-electron chi connectivity index (χ4n) is 2.10. The van der Waals surface area contributed by atoms with Gasteiger partial charge in [0.25, 0.3) is 0 Å². The van der Waals surface area contributed by atoms with Crippen LogP contribution in [-0.4, -0.2) is 23.0 Å². The van der Waals surface area contributed by atoms with Crippen molar-refractivity contribution in [1.29, 1.82) is 0 Å². The van der Waals surface area contributed by atoms with Crippen LogP contribution in [0.2, 0.25) is 0 Å². The average Bonchev–Trinajstić information content (AvgIpc) is 2.29. The zero-order valence-electron chi connectivity index (χ0n) is 9.65. The van der Waals surface area contributed by atoms with Gasteiger partial charge in [-0.2, -0.15) is 0 Å². The molecule has 92 valence electrons. The van der Waals surface area contributed by atoms with Crippen molar-refractivity contribution >= 4 is 11.6 Å². The first-order chi connectivity index (χ1) is 8.15. The van der Waals surface area contributed by atoms with E-state index in [0.29, 0.717) is 5.69 Å². The summed E-state index contributed by atoms with van der Waals surface area (Å²) >= 11 is 0. The molecule has 1 aliphatic rings. The van der Waals surface area contributed by atoms with E-state index in [4.69, 9.17) is 11.5 Å². The lowest BCUT2D eigenvalue weighted by Gasteiger charge is -2.26. The quantitative estimate of drug-likeness (QED) is 0.641. The lowest BCUT2D eigenvalue weighted by atomic mass is 9.91. The lowest BCUT2D eigenvalue weighted by Crippen LogP contribution is -2.44. The van der Waals surface area contributed by atoms with Crippen molar-refractivity contribution in [3.05, 3.63) is 18.2 Å². The van der Waals surface area contributed by atoms with E-state index >= 15 is 0 Å². The van der Waals surface area contributed by atoms with Crippen LogP contribution in [0, 0.1) is 0 Å². The van der Waals surface area contributed by atoms with Gasteiger partial charge >= 0.3 is 11.7 Å². The first-order valence-electron chi connectivity index (χ1n) is 5.85. The summed E-state index contributed by atoms with van der Waals surface area (Å²) in [6.07, 6.45) is 6.92. The monoisotopic (exact) mass is 236 g/mol. The number of nitrogens with zero attached hydrogens (tertiary/aromatic N) is 1. The lowest BCUT2D eigenvalue weighted by molar-refractivity contribution is -0.386. The number of aromatic amines is 1. The van der Waals surface area contributed by atoms with Gasteiger partial charge in [0.15, 0.2) is 6.20 Å². The Hall–Kier alpha value is -1.69. The van der Waals surface area contributed by atoms with Gasteiger partial charge in [-0.3, -0.25) is 4.79 Å². The Kier molecular flexibility index (Phi) is 3.53. The van der Waals surface area contributed by atoms with Gasteiger partial charge in [-0.1, -0.05) is 0 Å². The minimum atomic E-state index is -0.205. The first-order valence-corrected chi connectivity index (χ1v) is 5.85. The van der Waals surface area contributed by atoms with Crippen molar-refractivity contribution < 1.29 is 9.78 Å². The second kappa shape index (κ2) is 5.09. The fraction of sp³-hybridized carbons (Fsp3) is 0.545. The number of amides is 1. The number of hydrogen-bond acceptors (Lipinski definition) is 4. The van der Waals surface area contributed by atoms with Gasteiger partial charge in [0.2, 0.25) is 0 Å². The summed E-state index contributed by atoms with van der Waals surface area (Å²) in [5, 5.41) is 2.93. The number of anilines is 1. The molecule has 6 N–H and O–H groups in total. The zero-order chi connectivity index (χ0) is 12.3. The molecule has 0 spiro atoms. The highest BCUT2D eigenvalue weighted by atomic mass is 16.2. The molecule has 0 saturated heterocycles. The van der Waals surface area contributed by atoms with Crippen molar-refractivity contribution in [1.82, 2.24) is 10.3 Å².